The monoisotopic (exact) mass is 1100 g/mol. The van der Waals surface area contributed by atoms with Crippen molar-refractivity contribution in [1.29, 1.82) is 0 Å². The molecule has 17 unspecified atom stereocenters. The zero-order chi connectivity index (χ0) is 56.2. The number of carbonyl (C=O) groups excluding carboxylic acids is 1. The molecule has 3 aliphatic rings. The molecule has 3 rings (SSSR count). The van der Waals surface area contributed by atoms with E-state index < -0.39 is 124 Å². The summed E-state index contributed by atoms with van der Waals surface area (Å²) >= 11 is 0. The highest BCUT2D eigenvalue weighted by Crippen LogP contribution is 2.33. The van der Waals surface area contributed by atoms with E-state index in [-0.39, 0.29) is 18.9 Å². The highest BCUT2D eigenvalue weighted by molar-refractivity contribution is 5.76. The van der Waals surface area contributed by atoms with Gasteiger partial charge in [0.05, 0.1) is 38.6 Å². The zero-order valence-electron chi connectivity index (χ0n) is 45.6. The molecule has 77 heavy (non-hydrogen) atoms. The second-order valence-electron chi connectivity index (χ2n) is 20.0. The molecule has 0 aromatic heterocycles. The van der Waals surface area contributed by atoms with E-state index in [4.69, 9.17) is 28.4 Å². The molecule has 17 atom stereocenters. The lowest BCUT2D eigenvalue weighted by Gasteiger charge is -2.48. The van der Waals surface area contributed by atoms with E-state index in [9.17, 15) is 61.0 Å². The average molecular weight is 1100 g/mol. The van der Waals surface area contributed by atoms with Crippen LogP contribution in [0, 0.1) is 0 Å². The summed E-state index contributed by atoms with van der Waals surface area (Å²) in [6.45, 7) is 1.49. The highest BCUT2D eigenvalue weighted by atomic mass is 16.8. The Morgan fingerprint density at radius 3 is 1.45 bits per heavy atom. The van der Waals surface area contributed by atoms with Crippen LogP contribution in [0.2, 0.25) is 0 Å². The number of amides is 1. The minimum atomic E-state index is -1.99. The lowest BCUT2D eigenvalue weighted by atomic mass is 9.96. The highest BCUT2D eigenvalue weighted by Gasteiger charge is 2.53. The first kappa shape index (κ1) is 68.2. The maximum atomic E-state index is 13.3. The Hall–Kier alpha value is -3.03. The predicted octanol–water partition coefficient (Wildman–Crippen LogP) is 4.03. The van der Waals surface area contributed by atoms with Gasteiger partial charge in [0.15, 0.2) is 18.9 Å². The Labute approximate surface area is 457 Å². The molecule has 0 aromatic rings. The van der Waals surface area contributed by atoms with Crippen LogP contribution in [0.4, 0.5) is 0 Å². The summed E-state index contributed by atoms with van der Waals surface area (Å²) in [7, 11) is 0. The molecule has 0 aliphatic carbocycles. The van der Waals surface area contributed by atoms with Crippen molar-refractivity contribution in [1.82, 2.24) is 5.32 Å². The Balaban J connectivity index is 1.54. The van der Waals surface area contributed by atoms with E-state index >= 15 is 0 Å². The van der Waals surface area contributed by atoms with Crippen molar-refractivity contribution in [3.8, 4) is 0 Å². The summed E-state index contributed by atoms with van der Waals surface area (Å²) in [6.07, 6.45) is 21.4. The lowest BCUT2D eigenvalue weighted by molar-refractivity contribution is -0.379. The molecule has 19 heteroatoms. The van der Waals surface area contributed by atoms with E-state index in [1.807, 2.05) is 6.08 Å². The Morgan fingerprint density at radius 1 is 0.481 bits per heavy atom. The van der Waals surface area contributed by atoms with Gasteiger partial charge in [0.2, 0.25) is 5.91 Å². The predicted molar refractivity (Wildman–Crippen MR) is 291 cm³/mol. The van der Waals surface area contributed by atoms with E-state index in [1.54, 1.807) is 6.08 Å². The van der Waals surface area contributed by atoms with Gasteiger partial charge in [-0.3, -0.25) is 4.79 Å². The van der Waals surface area contributed by atoms with Crippen LogP contribution in [-0.4, -0.2) is 193 Å². The summed E-state index contributed by atoms with van der Waals surface area (Å²) in [5.74, 6) is -0.310. The van der Waals surface area contributed by atoms with E-state index in [1.165, 1.54) is 19.3 Å². The molecule has 442 valence electrons. The van der Waals surface area contributed by atoms with Crippen LogP contribution in [0.3, 0.4) is 0 Å². The van der Waals surface area contributed by atoms with E-state index in [2.05, 4.69) is 92.1 Å². The molecule has 3 heterocycles. The van der Waals surface area contributed by atoms with Crippen LogP contribution in [0.15, 0.2) is 85.1 Å². The second-order valence-corrected chi connectivity index (χ2v) is 20.0. The maximum absolute atomic E-state index is 13.3. The van der Waals surface area contributed by atoms with Gasteiger partial charge in [-0.2, -0.15) is 0 Å². The van der Waals surface area contributed by atoms with Gasteiger partial charge in [0, 0.05) is 6.42 Å². The standard InChI is InChI=1S/C58H97NO18/c1-3-5-7-9-11-13-15-17-18-19-20-21-22-24-26-28-30-32-34-36-46(64)59-41(42(63)35-33-31-29-27-25-23-16-14-12-10-8-6-4-2)40-72-56-52(70)49(67)54(44(38-61)74-56)77-58-53(71)50(68)55(45(39-62)75-58)76-57-51(69)48(66)47(65)43(37-60)73-57/h5,7,11-14,17-18,20-21,25,27,33,35,41-45,47-58,60-63,65-71H,3-4,6,8-10,15-16,19,22-24,26,28-32,34,36-40H2,1-2H3,(H,59,64)/b7-5-,13-11-,14-12+,18-17-,21-20-,27-25+,35-33+. The van der Waals surface area contributed by atoms with Crippen LogP contribution >= 0.6 is 0 Å². The van der Waals surface area contributed by atoms with Crippen molar-refractivity contribution in [2.75, 3.05) is 26.4 Å². The van der Waals surface area contributed by atoms with Crippen molar-refractivity contribution in [3.05, 3.63) is 85.1 Å². The second kappa shape index (κ2) is 41.0. The summed E-state index contributed by atoms with van der Waals surface area (Å²) in [5, 5.41) is 120. The Morgan fingerprint density at radius 2 is 0.909 bits per heavy atom. The number of carbonyl (C=O) groups is 1. The molecule has 1 amide bonds. The third-order valence-corrected chi connectivity index (χ3v) is 13.7. The van der Waals surface area contributed by atoms with E-state index in [0.717, 1.165) is 89.9 Å². The maximum Gasteiger partial charge on any atom is 0.220 e. The van der Waals surface area contributed by atoms with Gasteiger partial charge < -0.3 is 89.9 Å². The molecule has 0 saturated carbocycles. The molecule has 0 aromatic carbocycles. The first-order valence-electron chi connectivity index (χ1n) is 28.3. The molecule has 0 spiro atoms. The number of hydrogen-bond acceptors (Lipinski definition) is 18. The van der Waals surface area contributed by atoms with Gasteiger partial charge in [-0.15, -0.1) is 0 Å². The summed E-state index contributed by atoms with van der Waals surface area (Å²) in [6, 6.07) is -1.01. The van der Waals surface area contributed by atoms with Gasteiger partial charge in [-0.05, 0) is 83.5 Å². The third-order valence-electron chi connectivity index (χ3n) is 13.7. The summed E-state index contributed by atoms with van der Waals surface area (Å²) < 4.78 is 34.1. The van der Waals surface area contributed by atoms with E-state index in [0.29, 0.717) is 12.8 Å². The Kier molecular flexibility index (Phi) is 36.4. The molecule has 3 aliphatic heterocycles. The smallest absolute Gasteiger partial charge is 0.220 e. The van der Waals surface area contributed by atoms with Crippen LogP contribution in [-0.2, 0) is 33.2 Å². The van der Waals surface area contributed by atoms with Gasteiger partial charge in [0.1, 0.15) is 73.2 Å². The molecular formula is C58H97NO18. The number of unbranched alkanes of at least 4 members (excludes halogenated alkanes) is 11. The third kappa shape index (κ3) is 25.5. The van der Waals surface area contributed by atoms with Gasteiger partial charge in [-0.1, -0.05) is 137 Å². The van der Waals surface area contributed by atoms with Gasteiger partial charge >= 0.3 is 0 Å². The first-order valence-corrected chi connectivity index (χ1v) is 28.3. The fourth-order valence-corrected chi connectivity index (χ4v) is 8.97. The molecular weight excluding hydrogens is 999 g/mol. The topological polar surface area (TPSA) is 307 Å². The Bertz CT molecular complexity index is 1740. The fraction of sp³-hybridized carbons (Fsp3) is 0.741. The van der Waals surface area contributed by atoms with Gasteiger partial charge in [0.25, 0.3) is 0 Å². The van der Waals surface area contributed by atoms with Crippen LogP contribution in [0.5, 0.6) is 0 Å². The summed E-state index contributed by atoms with van der Waals surface area (Å²) in [5.41, 5.74) is 0. The average Bonchev–Trinajstić information content (AvgIpc) is 3.42. The van der Waals surface area contributed by atoms with Crippen molar-refractivity contribution < 1.29 is 89.4 Å². The summed E-state index contributed by atoms with van der Waals surface area (Å²) in [4.78, 5) is 13.3. The largest absolute Gasteiger partial charge is 0.394 e. The van der Waals surface area contributed by atoms with Crippen molar-refractivity contribution in [3.63, 3.8) is 0 Å². The molecule has 19 nitrogen and oxygen atoms in total. The van der Waals surface area contributed by atoms with Crippen molar-refractivity contribution in [2.45, 2.75) is 247 Å². The number of nitrogens with one attached hydrogen (secondary N) is 1. The van der Waals surface area contributed by atoms with Crippen LogP contribution < -0.4 is 5.32 Å². The fourth-order valence-electron chi connectivity index (χ4n) is 8.97. The lowest BCUT2D eigenvalue weighted by Crippen LogP contribution is -2.66. The normalized spacial score (nSPS) is 31.4. The number of allylic oxidation sites excluding steroid dienone is 13. The first-order chi connectivity index (χ1) is 37.3. The minimum absolute atomic E-state index is 0.210. The quantitative estimate of drug-likeness (QED) is 0.0305. The van der Waals surface area contributed by atoms with Crippen LogP contribution in [0.1, 0.15) is 142 Å². The SMILES string of the molecule is CC/C=C\C/C=C\C/C=C\C/C=C\CCCCCCCCC(=O)NC(COC1OC(CO)C(OC2OC(CO)C(OC3OC(CO)C(O)C(O)C3O)C(O)C2O)C(O)C1O)C(O)/C=C/CC/C=C/CC/C=C/CCCCC. The number of aliphatic hydroxyl groups is 11. The molecule has 3 fully saturated rings. The van der Waals surface area contributed by atoms with Crippen molar-refractivity contribution in [2.24, 2.45) is 0 Å². The number of aliphatic hydroxyl groups excluding tert-OH is 11. The number of hydrogen-bond donors (Lipinski definition) is 12. The molecule has 0 radical (unpaired) electrons. The van der Waals surface area contributed by atoms with Crippen LogP contribution in [0.25, 0.3) is 0 Å². The number of ether oxygens (including phenoxy) is 6. The molecule has 0 bridgehead atoms. The molecule has 3 saturated heterocycles. The zero-order valence-corrected chi connectivity index (χ0v) is 45.6. The molecule has 12 N–H and O–H groups in total. The van der Waals surface area contributed by atoms with Gasteiger partial charge in [-0.25, -0.2) is 0 Å². The minimum Gasteiger partial charge on any atom is -0.394 e. The number of rotatable bonds is 39. The van der Waals surface area contributed by atoms with Crippen molar-refractivity contribution >= 4 is 5.91 Å².